The maximum absolute atomic E-state index is 8.62. The molecule has 2 nitrogen and oxygen atoms in total. The molecule has 0 aliphatic heterocycles. The van der Waals surface area contributed by atoms with Gasteiger partial charge in [0, 0.05) is 13.2 Å². The molecule has 1 unspecified atom stereocenters. The van der Waals surface area contributed by atoms with Crippen molar-refractivity contribution in [3.8, 4) is 0 Å². The minimum absolute atomic E-state index is 0.328. The van der Waals surface area contributed by atoms with E-state index < -0.39 is 0 Å². The maximum Gasteiger partial charge on any atom is 0.0547 e. The number of unbranched alkanes of at least 4 members (excludes halogenated alkanes) is 6. The highest BCUT2D eigenvalue weighted by atomic mass is 16.5. The van der Waals surface area contributed by atoms with E-state index in [1.54, 1.807) is 0 Å². The second-order valence-corrected chi connectivity index (χ2v) is 4.67. The number of hydrogen-bond acceptors (Lipinski definition) is 2. The molecule has 0 aliphatic rings. The lowest BCUT2D eigenvalue weighted by Crippen LogP contribution is -2.09. The van der Waals surface area contributed by atoms with Gasteiger partial charge in [-0.1, -0.05) is 45.4 Å². The zero-order valence-corrected chi connectivity index (χ0v) is 11.2. The van der Waals surface area contributed by atoms with Crippen LogP contribution >= 0.6 is 0 Å². The zero-order chi connectivity index (χ0) is 12.1. The van der Waals surface area contributed by atoms with Gasteiger partial charge in [-0.15, -0.1) is 0 Å². The molecule has 0 rings (SSSR count). The average Bonchev–Trinajstić information content (AvgIpc) is 2.29. The van der Waals surface area contributed by atoms with E-state index >= 15 is 0 Å². The molecule has 0 aromatic carbocycles. The van der Waals surface area contributed by atoms with Gasteiger partial charge in [-0.25, -0.2) is 0 Å². The van der Waals surface area contributed by atoms with Crippen molar-refractivity contribution in [1.29, 1.82) is 0 Å². The third kappa shape index (κ3) is 12.0. The lowest BCUT2D eigenvalue weighted by atomic mass is 10.1. The molecule has 0 aromatic rings. The number of hydrogen-bond donors (Lipinski definition) is 1. The van der Waals surface area contributed by atoms with E-state index in [4.69, 9.17) is 9.84 Å². The van der Waals surface area contributed by atoms with Crippen molar-refractivity contribution in [3.63, 3.8) is 0 Å². The van der Waals surface area contributed by atoms with Gasteiger partial charge < -0.3 is 9.84 Å². The van der Waals surface area contributed by atoms with Crippen molar-refractivity contribution in [3.05, 3.63) is 0 Å². The molecular formula is C14H30O2. The van der Waals surface area contributed by atoms with Crippen LogP contribution in [0.3, 0.4) is 0 Å². The number of rotatable bonds is 12. The molecule has 98 valence electrons. The van der Waals surface area contributed by atoms with Crippen molar-refractivity contribution in [2.24, 2.45) is 0 Å². The highest BCUT2D eigenvalue weighted by molar-refractivity contribution is 4.52. The van der Waals surface area contributed by atoms with Gasteiger partial charge in [-0.05, 0) is 26.2 Å². The number of ether oxygens (including phenoxy) is 1. The molecule has 0 fully saturated rings. The fraction of sp³-hybridized carbons (Fsp3) is 1.00. The Hall–Kier alpha value is -0.0800. The first-order chi connectivity index (χ1) is 7.81. The molecule has 1 N–H and O–H groups in total. The molecule has 0 radical (unpaired) electrons. The molecule has 0 saturated heterocycles. The Morgan fingerprint density at radius 3 is 2.31 bits per heavy atom. The minimum atomic E-state index is 0.328. The van der Waals surface area contributed by atoms with Crippen LogP contribution < -0.4 is 0 Å². The standard InChI is InChI=1S/C14H30O2/c1-3-4-5-8-11-14(2)16-13-10-7-6-9-12-15/h14-15H,3-13H2,1-2H3. The van der Waals surface area contributed by atoms with Crippen LogP contribution in [-0.4, -0.2) is 24.4 Å². The molecular weight excluding hydrogens is 200 g/mol. The molecule has 0 aromatic heterocycles. The van der Waals surface area contributed by atoms with E-state index in [1.807, 2.05) is 0 Å². The van der Waals surface area contributed by atoms with E-state index in [2.05, 4.69) is 13.8 Å². The van der Waals surface area contributed by atoms with E-state index in [9.17, 15) is 0 Å². The Morgan fingerprint density at radius 2 is 1.62 bits per heavy atom. The molecule has 1 atom stereocenters. The smallest absolute Gasteiger partial charge is 0.0547 e. The maximum atomic E-state index is 8.62. The molecule has 0 saturated carbocycles. The first-order valence-electron chi connectivity index (χ1n) is 7.03. The highest BCUT2D eigenvalue weighted by Gasteiger charge is 2.01. The summed E-state index contributed by atoms with van der Waals surface area (Å²) in [6.45, 7) is 5.64. The fourth-order valence-electron chi connectivity index (χ4n) is 1.79. The van der Waals surface area contributed by atoms with Gasteiger partial charge in [0.25, 0.3) is 0 Å². The van der Waals surface area contributed by atoms with E-state index in [-0.39, 0.29) is 0 Å². The normalized spacial score (nSPS) is 12.9. The summed E-state index contributed by atoms with van der Waals surface area (Å²) in [6, 6.07) is 0. The van der Waals surface area contributed by atoms with Gasteiger partial charge >= 0.3 is 0 Å². The summed E-state index contributed by atoms with van der Waals surface area (Å²) in [5.74, 6) is 0. The average molecular weight is 230 g/mol. The van der Waals surface area contributed by atoms with Crippen molar-refractivity contribution in [1.82, 2.24) is 0 Å². The Labute approximate surface area is 101 Å². The largest absolute Gasteiger partial charge is 0.396 e. The van der Waals surface area contributed by atoms with Crippen LogP contribution in [0.25, 0.3) is 0 Å². The van der Waals surface area contributed by atoms with E-state index in [1.165, 1.54) is 38.5 Å². The lowest BCUT2D eigenvalue weighted by Gasteiger charge is -2.12. The van der Waals surface area contributed by atoms with Crippen molar-refractivity contribution in [2.75, 3.05) is 13.2 Å². The van der Waals surface area contributed by atoms with Crippen molar-refractivity contribution >= 4 is 0 Å². The molecule has 16 heavy (non-hydrogen) atoms. The first kappa shape index (κ1) is 15.9. The van der Waals surface area contributed by atoms with Crippen LogP contribution in [-0.2, 0) is 4.74 Å². The first-order valence-corrected chi connectivity index (χ1v) is 7.03. The molecule has 0 heterocycles. The third-order valence-electron chi connectivity index (χ3n) is 2.92. The summed E-state index contributed by atoms with van der Waals surface area (Å²) < 4.78 is 5.74. The summed E-state index contributed by atoms with van der Waals surface area (Å²) in [7, 11) is 0. The predicted octanol–water partition coefficient (Wildman–Crippen LogP) is 3.91. The zero-order valence-electron chi connectivity index (χ0n) is 11.2. The molecule has 0 bridgehead atoms. The minimum Gasteiger partial charge on any atom is -0.396 e. The Bertz CT molecular complexity index is 126. The quantitative estimate of drug-likeness (QED) is 0.515. The van der Waals surface area contributed by atoms with Gasteiger partial charge in [0.2, 0.25) is 0 Å². The van der Waals surface area contributed by atoms with Gasteiger partial charge in [0.05, 0.1) is 6.10 Å². The molecule has 0 spiro atoms. The van der Waals surface area contributed by atoms with E-state index in [0.717, 1.165) is 25.9 Å². The van der Waals surface area contributed by atoms with E-state index in [0.29, 0.717) is 12.7 Å². The SMILES string of the molecule is CCCCCCC(C)OCCCCCCO. The summed E-state index contributed by atoms with van der Waals surface area (Å²) in [4.78, 5) is 0. The second kappa shape index (κ2) is 13.0. The molecule has 2 heteroatoms. The van der Waals surface area contributed by atoms with Gasteiger partial charge in [-0.2, -0.15) is 0 Å². The number of aliphatic hydroxyl groups is 1. The summed E-state index contributed by atoms with van der Waals surface area (Å²) in [6.07, 6.45) is 11.3. The van der Waals surface area contributed by atoms with Gasteiger partial charge in [0.1, 0.15) is 0 Å². The van der Waals surface area contributed by atoms with Crippen molar-refractivity contribution < 1.29 is 9.84 Å². The molecule has 0 aliphatic carbocycles. The fourth-order valence-corrected chi connectivity index (χ4v) is 1.79. The molecule has 0 amide bonds. The Balaban J connectivity index is 3.08. The second-order valence-electron chi connectivity index (χ2n) is 4.67. The van der Waals surface area contributed by atoms with Gasteiger partial charge in [-0.3, -0.25) is 0 Å². The Morgan fingerprint density at radius 1 is 0.938 bits per heavy atom. The lowest BCUT2D eigenvalue weighted by molar-refractivity contribution is 0.0555. The monoisotopic (exact) mass is 230 g/mol. The Kier molecular flexibility index (Phi) is 12.9. The summed E-state index contributed by atoms with van der Waals surface area (Å²) in [5.41, 5.74) is 0. The van der Waals surface area contributed by atoms with Crippen LogP contribution in [0.4, 0.5) is 0 Å². The topological polar surface area (TPSA) is 29.5 Å². The summed E-state index contributed by atoms with van der Waals surface area (Å²) >= 11 is 0. The van der Waals surface area contributed by atoms with Crippen LogP contribution in [0, 0.1) is 0 Å². The van der Waals surface area contributed by atoms with Crippen LogP contribution in [0.5, 0.6) is 0 Å². The van der Waals surface area contributed by atoms with Gasteiger partial charge in [0.15, 0.2) is 0 Å². The van der Waals surface area contributed by atoms with Crippen LogP contribution in [0.1, 0.15) is 71.6 Å². The predicted molar refractivity (Wildman–Crippen MR) is 69.7 cm³/mol. The summed E-state index contributed by atoms with van der Waals surface area (Å²) in [5, 5.41) is 8.62. The van der Waals surface area contributed by atoms with Crippen molar-refractivity contribution in [2.45, 2.75) is 77.7 Å². The van der Waals surface area contributed by atoms with Crippen LogP contribution in [0.15, 0.2) is 0 Å². The third-order valence-corrected chi connectivity index (χ3v) is 2.92. The van der Waals surface area contributed by atoms with Crippen LogP contribution in [0.2, 0.25) is 0 Å². The number of aliphatic hydroxyl groups excluding tert-OH is 1. The highest BCUT2D eigenvalue weighted by Crippen LogP contribution is 2.09.